The molecule has 0 fully saturated rings. The highest BCUT2D eigenvalue weighted by Gasteiger charge is 2.16. The summed E-state index contributed by atoms with van der Waals surface area (Å²) in [4.78, 5) is 2.20. The van der Waals surface area contributed by atoms with Crippen LogP contribution in [-0.4, -0.2) is 31.8 Å². The lowest BCUT2D eigenvalue weighted by atomic mass is 9.89. The second-order valence-corrected chi connectivity index (χ2v) is 7.33. The lowest BCUT2D eigenvalue weighted by Crippen LogP contribution is -2.13. The molecule has 0 saturated heterocycles. The molecule has 0 aliphatic heterocycles. The van der Waals surface area contributed by atoms with E-state index in [4.69, 9.17) is 5.41 Å². The minimum Gasteiger partial charge on any atom is -0.308 e. The molecule has 134 valence electrons. The van der Waals surface area contributed by atoms with Gasteiger partial charge in [-0.15, -0.1) is 0 Å². The Labute approximate surface area is 161 Å². The summed E-state index contributed by atoms with van der Waals surface area (Å²) >= 11 is 0. The quantitative estimate of drug-likeness (QED) is 0.579. The summed E-state index contributed by atoms with van der Waals surface area (Å²) in [6.07, 6.45) is 7.11. The fourth-order valence-corrected chi connectivity index (χ4v) is 3.93. The van der Waals surface area contributed by atoms with E-state index < -0.39 is 0 Å². The molecule has 3 aromatic rings. The standard InChI is InChI=1S/C25H24N2/c1-27(2)17-18-11-12-20(15-18)22-9-5-6-10-23(22)24-14-13-19-7-3-4-8-21(19)25(24)16-26/h3-11,13-16,26H,12,17H2,1-2H3. The van der Waals surface area contributed by atoms with Gasteiger partial charge in [0.1, 0.15) is 0 Å². The first-order valence-corrected chi connectivity index (χ1v) is 9.33. The number of fused-ring (bicyclic) bond motifs is 1. The summed E-state index contributed by atoms with van der Waals surface area (Å²) < 4.78 is 0. The second-order valence-electron chi connectivity index (χ2n) is 7.33. The van der Waals surface area contributed by atoms with E-state index in [1.54, 1.807) is 0 Å². The summed E-state index contributed by atoms with van der Waals surface area (Å²) in [5, 5.41) is 10.4. The molecule has 4 rings (SSSR count). The zero-order valence-electron chi connectivity index (χ0n) is 15.9. The molecule has 27 heavy (non-hydrogen) atoms. The largest absolute Gasteiger partial charge is 0.308 e. The lowest BCUT2D eigenvalue weighted by Gasteiger charge is -2.15. The summed E-state index contributed by atoms with van der Waals surface area (Å²) in [6, 6.07) is 21.2. The zero-order chi connectivity index (χ0) is 18.8. The van der Waals surface area contributed by atoms with Gasteiger partial charge in [-0.25, -0.2) is 0 Å². The van der Waals surface area contributed by atoms with Crippen molar-refractivity contribution < 1.29 is 0 Å². The number of nitrogens with one attached hydrogen (secondary N) is 1. The Bertz CT molecular complexity index is 1070. The Morgan fingerprint density at radius 2 is 1.63 bits per heavy atom. The average Bonchev–Trinajstić information content (AvgIpc) is 3.14. The Kier molecular flexibility index (Phi) is 4.74. The molecule has 0 spiro atoms. The molecule has 1 aliphatic rings. The van der Waals surface area contributed by atoms with Gasteiger partial charge in [-0.3, -0.25) is 0 Å². The molecule has 2 nitrogen and oxygen atoms in total. The van der Waals surface area contributed by atoms with E-state index in [1.165, 1.54) is 33.9 Å². The van der Waals surface area contributed by atoms with Crippen LogP contribution in [-0.2, 0) is 0 Å². The minimum atomic E-state index is 0.966. The fourth-order valence-electron chi connectivity index (χ4n) is 3.93. The van der Waals surface area contributed by atoms with Crippen LogP contribution in [0, 0.1) is 5.41 Å². The number of benzene rings is 3. The molecule has 0 atom stereocenters. The lowest BCUT2D eigenvalue weighted by molar-refractivity contribution is 0.449. The van der Waals surface area contributed by atoms with Gasteiger partial charge in [0.15, 0.2) is 0 Å². The van der Waals surface area contributed by atoms with Crippen LogP contribution in [0.2, 0.25) is 0 Å². The molecule has 0 amide bonds. The molecular formula is C25H24N2. The molecule has 0 unspecified atom stereocenters. The topological polar surface area (TPSA) is 27.1 Å². The van der Waals surface area contributed by atoms with E-state index >= 15 is 0 Å². The van der Waals surface area contributed by atoms with Crippen molar-refractivity contribution in [2.24, 2.45) is 0 Å². The van der Waals surface area contributed by atoms with Gasteiger partial charge >= 0.3 is 0 Å². The molecule has 0 heterocycles. The smallest absolute Gasteiger partial charge is 0.0262 e. The summed E-state index contributed by atoms with van der Waals surface area (Å²) in [6.45, 7) is 0.966. The summed E-state index contributed by atoms with van der Waals surface area (Å²) in [5.74, 6) is 0. The first-order valence-electron chi connectivity index (χ1n) is 9.33. The van der Waals surface area contributed by atoms with Crippen molar-refractivity contribution in [3.63, 3.8) is 0 Å². The highest BCUT2D eigenvalue weighted by Crippen LogP contribution is 2.37. The second kappa shape index (κ2) is 7.34. The molecule has 0 saturated carbocycles. The van der Waals surface area contributed by atoms with Crippen LogP contribution in [0.15, 0.2) is 78.4 Å². The first kappa shape index (κ1) is 17.4. The van der Waals surface area contributed by atoms with Gasteiger partial charge in [0.2, 0.25) is 0 Å². The van der Waals surface area contributed by atoms with Crippen molar-refractivity contribution in [1.82, 2.24) is 4.90 Å². The van der Waals surface area contributed by atoms with Crippen LogP contribution >= 0.6 is 0 Å². The highest BCUT2D eigenvalue weighted by atomic mass is 15.0. The molecule has 2 heteroatoms. The van der Waals surface area contributed by atoms with E-state index in [9.17, 15) is 0 Å². The van der Waals surface area contributed by atoms with Gasteiger partial charge < -0.3 is 10.3 Å². The minimum absolute atomic E-state index is 0.966. The average molecular weight is 352 g/mol. The van der Waals surface area contributed by atoms with E-state index in [0.29, 0.717) is 0 Å². The van der Waals surface area contributed by atoms with Crippen LogP contribution in [0.4, 0.5) is 0 Å². The van der Waals surface area contributed by atoms with Crippen molar-refractivity contribution in [3.8, 4) is 11.1 Å². The number of likely N-dealkylation sites (N-methyl/N-ethyl adjacent to an activating group) is 1. The maximum atomic E-state index is 8.05. The highest BCUT2D eigenvalue weighted by molar-refractivity contribution is 6.06. The third-order valence-corrected chi connectivity index (χ3v) is 5.12. The van der Waals surface area contributed by atoms with Crippen molar-refractivity contribution in [3.05, 3.63) is 89.5 Å². The van der Waals surface area contributed by atoms with Crippen molar-refractivity contribution >= 4 is 22.6 Å². The first-order chi connectivity index (χ1) is 13.2. The monoisotopic (exact) mass is 352 g/mol. The van der Waals surface area contributed by atoms with Crippen molar-refractivity contribution in [2.75, 3.05) is 20.6 Å². The van der Waals surface area contributed by atoms with Gasteiger partial charge in [-0.05, 0) is 59.1 Å². The number of hydrogen-bond acceptors (Lipinski definition) is 2. The molecule has 3 aromatic carbocycles. The van der Waals surface area contributed by atoms with Crippen LogP contribution in [0.5, 0.6) is 0 Å². The Morgan fingerprint density at radius 3 is 2.41 bits per heavy atom. The van der Waals surface area contributed by atoms with Gasteiger partial charge in [-0.1, -0.05) is 72.8 Å². The predicted molar refractivity (Wildman–Crippen MR) is 117 cm³/mol. The van der Waals surface area contributed by atoms with Crippen LogP contribution in [0.25, 0.3) is 27.5 Å². The van der Waals surface area contributed by atoms with Crippen molar-refractivity contribution in [1.29, 1.82) is 5.41 Å². The molecular weight excluding hydrogens is 328 g/mol. The number of hydrogen-bond donors (Lipinski definition) is 1. The van der Waals surface area contributed by atoms with E-state index in [2.05, 4.69) is 79.7 Å². The van der Waals surface area contributed by atoms with Crippen LogP contribution < -0.4 is 0 Å². The molecule has 0 radical (unpaired) electrons. The molecule has 0 aromatic heterocycles. The molecule has 1 aliphatic carbocycles. The van der Waals surface area contributed by atoms with Crippen LogP contribution in [0.1, 0.15) is 17.5 Å². The Balaban J connectivity index is 1.84. The van der Waals surface area contributed by atoms with E-state index in [0.717, 1.165) is 29.5 Å². The summed E-state index contributed by atoms with van der Waals surface area (Å²) in [5.41, 5.74) is 7.30. The van der Waals surface area contributed by atoms with Crippen molar-refractivity contribution in [2.45, 2.75) is 6.42 Å². The Hall–Kier alpha value is -2.97. The third kappa shape index (κ3) is 3.36. The third-order valence-electron chi connectivity index (χ3n) is 5.12. The maximum absolute atomic E-state index is 8.05. The number of allylic oxidation sites excluding steroid dienone is 2. The molecule has 0 bridgehead atoms. The van der Waals surface area contributed by atoms with Gasteiger partial charge in [0.25, 0.3) is 0 Å². The normalized spacial score (nSPS) is 13.7. The maximum Gasteiger partial charge on any atom is 0.0262 e. The number of rotatable bonds is 5. The van der Waals surface area contributed by atoms with Crippen LogP contribution in [0.3, 0.4) is 0 Å². The number of nitrogens with zero attached hydrogens (tertiary/aromatic N) is 1. The fraction of sp³-hybridized carbons (Fsp3) is 0.160. The van der Waals surface area contributed by atoms with E-state index in [1.807, 2.05) is 12.1 Å². The van der Waals surface area contributed by atoms with Gasteiger partial charge in [0, 0.05) is 18.3 Å². The zero-order valence-corrected chi connectivity index (χ0v) is 15.9. The predicted octanol–water partition coefficient (Wildman–Crippen LogP) is 5.78. The summed E-state index contributed by atoms with van der Waals surface area (Å²) in [7, 11) is 4.21. The van der Waals surface area contributed by atoms with Gasteiger partial charge in [-0.2, -0.15) is 0 Å². The molecule has 1 N–H and O–H groups in total. The Morgan fingerprint density at radius 1 is 0.889 bits per heavy atom. The van der Waals surface area contributed by atoms with E-state index in [-0.39, 0.29) is 0 Å². The van der Waals surface area contributed by atoms with Gasteiger partial charge in [0.05, 0.1) is 0 Å². The SMILES string of the molecule is CN(C)CC1=CCC(c2ccccc2-c2ccc3ccccc3c2C=N)=C1.